The molecule has 2 fully saturated rings. The molecule has 0 saturated carbocycles. The van der Waals surface area contributed by atoms with Crippen molar-refractivity contribution in [2.24, 2.45) is 11.1 Å². The highest BCUT2D eigenvalue weighted by Crippen LogP contribution is 2.37. The van der Waals surface area contributed by atoms with E-state index in [1.54, 1.807) is 0 Å². The lowest BCUT2D eigenvalue weighted by Gasteiger charge is -2.24. The maximum Gasteiger partial charge on any atom is 0.235 e. The molecule has 5 heteroatoms. The molecule has 2 unspecified atom stereocenters. The third-order valence-electron chi connectivity index (χ3n) is 3.07. The minimum absolute atomic E-state index is 0.0266. The van der Waals surface area contributed by atoms with Gasteiger partial charge in [0.05, 0.1) is 5.41 Å². The molecule has 72 valence electrons. The average Bonchev–Trinajstić information content (AvgIpc) is 2.62. The van der Waals surface area contributed by atoms with Crippen LogP contribution in [0, 0.1) is 5.41 Å². The molecular weight excluding hydrogens is 170 g/mol. The number of carbonyl (C=O) groups is 2. The Kier molecular flexibility index (Phi) is 1.76. The Morgan fingerprint density at radius 2 is 2.15 bits per heavy atom. The van der Waals surface area contributed by atoms with Gasteiger partial charge in [-0.15, -0.1) is 0 Å². The number of hydrogen-bond acceptors (Lipinski definition) is 3. The van der Waals surface area contributed by atoms with Gasteiger partial charge in [0, 0.05) is 6.54 Å². The van der Waals surface area contributed by atoms with E-state index in [0.29, 0.717) is 25.9 Å². The molecule has 0 aromatic heterocycles. The van der Waals surface area contributed by atoms with Crippen LogP contribution in [0.15, 0.2) is 0 Å². The van der Waals surface area contributed by atoms with Crippen molar-refractivity contribution in [2.75, 3.05) is 13.1 Å². The van der Waals surface area contributed by atoms with Crippen LogP contribution >= 0.6 is 0 Å². The van der Waals surface area contributed by atoms with Gasteiger partial charge in [-0.25, -0.2) is 0 Å². The van der Waals surface area contributed by atoms with Crippen LogP contribution < -0.4 is 16.4 Å². The Morgan fingerprint density at radius 3 is 2.69 bits per heavy atom. The van der Waals surface area contributed by atoms with Crippen LogP contribution in [0.5, 0.6) is 0 Å². The van der Waals surface area contributed by atoms with Crippen molar-refractivity contribution in [3.63, 3.8) is 0 Å². The lowest BCUT2D eigenvalue weighted by molar-refractivity contribution is -0.133. The summed E-state index contributed by atoms with van der Waals surface area (Å²) in [7, 11) is 0. The van der Waals surface area contributed by atoms with Crippen molar-refractivity contribution in [3.8, 4) is 0 Å². The highest BCUT2D eigenvalue weighted by Gasteiger charge is 2.53. The van der Waals surface area contributed by atoms with Crippen LogP contribution in [0.2, 0.25) is 0 Å². The van der Waals surface area contributed by atoms with Gasteiger partial charge in [0.25, 0.3) is 0 Å². The number of nitrogens with one attached hydrogen (secondary N) is 2. The van der Waals surface area contributed by atoms with E-state index in [0.717, 1.165) is 0 Å². The number of nitrogens with two attached hydrogens (primary N) is 1. The number of rotatable bonds is 1. The molecular formula is C8H13N3O2. The van der Waals surface area contributed by atoms with Crippen LogP contribution in [0.3, 0.4) is 0 Å². The molecule has 0 aromatic carbocycles. The van der Waals surface area contributed by atoms with E-state index in [4.69, 9.17) is 5.73 Å². The minimum Gasteiger partial charge on any atom is -0.368 e. The van der Waals surface area contributed by atoms with Gasteiger partial charge in [0.2, 0.25) is 11.8 Å². The Hall–Kier alpha value is -1.10. The molecule has 0 aromatic rings. The monoisotopic (exact) mass is 183 g/mol. The fourth-order valence-electron chi connectivity index (χ4n) is 2.35. The van der Waals surface area contributed by atoms with Gasteiger partial charge in [-0.2, -0.15) is 0 Å². The first-order valence-electron chi connectivity index (χ1n) is 4.48. The van der Waals surface area contributed by atoms with E-state index in [2.05, 4.69) is 10.6 Å². The molecule has 2 aliphatic rings. The van der Waals surface area contributed by atoms with Gasteiger partial charge in [-0.1, -0.05) is 0 Å². The summed E-state index contributed by atoms with van der Waals surface area (Å²) >= 11 is 0. The first-order valence-corrected chi connectivity index (χ1v) is 4.48. The van der Waals surface area contributed by atoms with Crippen LogP contribution in [-0.4, -0.2) is 30.9 Å². The molecule has 2 heterocycles. The first kappa shape index (κ1) is 8.50. The molecule has 1 spiro atoms. The Morgan fingerprint density at radius 1 is 1.46 bits per heavy atom. The number of primary amides is 1. The van der Waals surface area contributed by atoms with Crippen LogP contribution in [-0.2, 0) is 9.59 Å². The van der Waals surface area contributed by atoms with E-state index in [1.165, 1.54) is 0 Å². The molecule has 0 aliphatic carbocycles. The summed E-state index contributed by atoms with van der Waals surface area (Å²) in [6, 6.07) is -0.477. The first-order chi connectivity index (χ1) is 6.17. The van der Waals surface area contributed by atoms with Crippen molar-refractivity contribution in [2.45, 2.75) is 18.9 Å². The van der Waals surface area contributed by atoms with Crippen molar-refractivity contribution >= 4 is 11.8 Å². The quantitative estimate of drug-likeness (QED) is 0.455. The second-order valence-corrected chi connectivity index (χ2v) is 3.70. The number of amides is 2. The van der Waals surface area contributed by atoms with Crippen molar-refractivity contribution < 1.29 is 9.59 Å². The van der Waals surface area contributed by atoms with E-state index in [9.17, 15) is 9.59 Å². The summed E-state index contributed by atoms with van der Waals surface area (Å²) in [5.74, 6) is -0.448. The SMILES string of the molecule is NC(=O)C1NCCC12CCNC2=O. The molecule has 13 heavy (non-hydrogen) atoms. The zero-order valence-electron chi connectivity index (χ0n) is 7.30. The summed E-state index contributed by atoms with van der Waals surface area (Å²) in [6.07, 6.45) is 1.43. The zero-order chi connectivity index (χ0) is 9.47. The molecule has 2 amide bonds. The third kappa shape index (κ3) is 1.03. The van der Waals surface area contributed by atoms with E-state index >= 15 is 0 Å². The second kappa shape index (κ2) is 2.70. The van der Waals surface area contributed by atoms with Gasteiger partial charge in [0.1, 0.15) is 6.04 Å². The average molecular weight is 183 g/mol. The Labute approximate surface area is 76.0 Å². The van der Waals surface area contributed by atoms with Gasteiger partial charge in [0.15, 0.2) is 0 Å². The van der Waals surface area contributed by atoms with Gasteiger partial charge < -0.3 is 16.4 Å². The predicted molar refractivity (Wildman–Crippen MR) is 45.7 cm³/mol. The van der Waals surface area contributed by atoms with Crippen LogP contribution in [0.4, 0.5) is 0 Å². The summed E-state index contributed by atoms with van der Waals surface area (Å²) in [5.41, 5.74) is 4.68. The summed E-state index contributed by atoms with van der Waals surface area (Å²) in [6.45, 7) is 1.35. The van der Waals surface area contributed by atoms with Crippen LogP contribution in [0.25, 0.3) is 0 Å². The van der Waals surface area contributed by atoms with Crippen molar-refractivity contribution in [1.82, 2.24) is 10.6 Å². The molecule has 2 saturated heterocycles. The molecule has 2 atom stereocenters. The normalized spacial score (nSPS) is 38.2. The van der Waals surface area contributed by atoms with Gasteiger partial charge >= 0.3 is 0 Å². The summed E-state index contributed by atoms with van der Waals surface area (Å²) in [5, 5.41) is 5.73. The smallest absolute Gasteiger partial charge is 0.235 e. The number of carbonyl (C=O) groups excluding carboxylic acids is 2. The minimum atomic E-state index is -0.550. The molecule has 2 aliphatic heterocycles. The largest absolute Gasteiger partial charge is 0.368 e. The fraction of sp³-hybridized carbons (Fsp3) is 0.750. The lowest BCUT2D eigenvalue weighted by Crippen LogP contribution is -2.50. The summed E-state index contributed by atoms with van der Waals surface area (Å²) < 4.78 is 0. The fourth-order valence-corrected chi connectivity index (χ4v) is 2.35. The third-order valence-corrected chi connectivity index (χ3v) is 3.07. The maximum absolute atomic E-state index is 11.6. The Balaban J connectivity index is 2.29. The second-order valence-electron chi connectivity index (χ2n) is 3.70. The Bertz CT molecular complexity index is 262. The highest BCUT2D eigenvalue weighted by atomic mass is 16.2. The topological polar surface area (TPSA) is 84.2 Å². The molecule has 2 rings (SSSR count). The van der Waals surface area contributed by atoms with Gasteiger partial charge in [-0.3, -0.25) is 9.59 Å². The van der Waals surface area contributed by atoms with Crippen molar-refractivity contribution in [1.29, 1.82) is 0 Å². The molecule has 4 N–H and O–H groups in total. The van der Waals surface area contributed by atoms with E-state index in [-0.39, 0.29) is 5.91 Å². The molecule has 0 bridgehead atoms. The highest BCUT2D eigenvalue weighted by molar-refractivity contribution is 5.94. The van der Waals surface area contributed by atoms with E-state index in [1.807, 2.05) is 0 Å². The lowest BCUT2D eigenvalue weighted by atomic mass is 9.78. The predicted octanol–water partition coefficient (Wildman–Crippen LogP) is -1.66. The molecule has 0 radical (unpaired) electrons. The van der Waals surface area contributed by atoms with Crippen molar-refractivity contribution in [3.05, 3.63) is 0 Å². The zero-order valence-corrected chi connectivity index (χ0v) is 7.30. The maximum atomic E-state index is 11.6. The molecule has 5 nitrogen and oxygen atoms in total. The van der Waals surface area contributed by atoms with Gasteiger partial charge in [-0.05, 0) is 19.4 Å². The summed E-state index contributed by atoms with van der Waals surface area (Å²) in [4.78, 5) is 22.6. The van der Waals surface area contributed by atoms with Crippen LogP contribution in [0.1, 0.15) is 12.8 Å². The standard InChI is InChI=1S/C8H13N3O2/c9-6(12)5-8(1-3-10-5)2-4-11-7(8)13/h5,10H,1-4H2,(H2,9,12)(H,11,13). The number of hydrogen-bond donors (Lipinski definition) is 3. The van der Waals surface area contributed by atoms with E-state index < -0.39 is 17.4 Å².